The minimum atomic E-state index is -1.18. The number of nitrogens with one attached hydrogen (secondary N) is 3. The predicted molar refractivity (Wildman–Crippen MR) is 108 cm³/mol. The highest BCUT2D eigenvalue weighted by Crippen LogP contribution is 2.17. The smallest absolute Gasteiger partial charge is 0.326 e. The fraction of sp³-hybridized carbons (Fsp3) is 0.238. The van der Waals surface area contributed by atoms with Gasteiger partial charge in [0.25, 0.3) is 17.7 Å². The molecule has 0 aliphatic carbocycles. The lowest BCUT2D eigenvalue weighted by Gasteiger charge is -2.15. The average molecular weight is 413 g/mol. The van der Waals surface area contributed by atoms with Gasteiger partial charge in [-0.2, -0.15) is 0 Å². The monoisotopic (exact) mass is 413 g/mol. The van der Waals surface area contributed by atoms with E-state index in [-0.39, 0.29) is 5.56 Å². The number of carbonyl (C=O) groups excluding carboxylic acids is 4. The second-order valence-electron chi connectivity index (χ2n) is 6.05. The summed E-state index contributed by atoms with van der Waals surface area (Å²) in [6, 6.07) is 14.9. The number of ether oxygens (including phenoxy) is 2. The number of carbonyl (C=O) groups is 4. The predicted octanol–water partition coefficient (Wildman–Crippen LogP) is 1.21. The molecule has 0 aliphatic heterocycles. The summed E-state index contributed by atoms with van der Waals surface area (Å²) in [5.41, 5.74) is 5.05. The van der Waals surface area contributed by atoms with Crippen LogP contribution < -0.4 is 20.9 Å². The molecule has 9 heteroatoms. The Kier molecular flexibility index (Phi) is 8.37. The number of benzene rings is 2. The van der Waals surface area contributed by atoms with Gasteiger partial charge in [0.2, 0.25) is 0 Å². The normalized spacial score (nSPS) is 11.0. The summed E-state index contributed by atoms with van der Waals surface area (Å²) in [5.74, 6) is -2.16. The van der Waals surface area contributed by atoms with Crippen LogP contribution >= 0.6 is 0 Å². The molecule has 9 nitrogen and oxygen atoms in total. The van der Waals surface area contributed by atoms with Crippen molar-refractivity contribution in [1.29, 1.82) is 0 Å². The molecule has 0 radical (unpaired) electrons. The zero-order valence-corrected chi connectivity index (χ0v) is 16.6. The molecule has 2 aromatic carbocycles. The number of para-hydroxylation sites is 1. The molecule has 30 heavy (non-hydrogen) atoms. The van der Waals surface area contributed by atoms with Crippen molar-refractivity contribution in [3.63, 3.8) is 0 Å². The molecule has 0 fully saturated rings. The van der Waals surface area contributed by atoms with Crippen molar-refractivity contribution in [3.8, 4) is 5.75 Å². The fourth-order valence-electron chi connectivity index (χ4n) is 2.36. The van der Waals surface area contributed by atoms with Crippen molar-refractivity contribution in [2.75, 3.05) is 13.2 Å². The molecule has 0 bridgehead atoms. The van der Waals surface area contributed by atoms with Crippen LogP contribution in [0.3, 0.4) is 0 Å². The van der Waals surface area contributed by atoms with Crippen LogP contribution in [0, 0.1) is 0 Å². The molecular weight excluding hydrogens is 390 g/mol. The van der Waals surface area contributed by atoms with Gasteiger partial charge < -0.3 is 14.8 Å². The first-order valence-corrected chi connectivity index (χ1v) is 9.27. The molecule has 0 aromatic heterocycles. The SMILES string of the molecule is CCOc1ccccc1C(=O)NCC(=O)O[C@H](C)C(=O)NNC(=O)c1ccccc1. The van der Waals surface area contributed by atoms with Gasteiger partial charge in [0, 0.05) is 5.56 Å². The van der Waals surface area contributed by atoms with E-state index in [9.17, 15) is 19.2 Å². The maximum atomic E-state index is 12.3. The summed E-state index contributed by atoms with van der Waals surface area (Å²) in [6.45, 7) is 3.09. The van der Waals surface area contributed by atoms with Crippen molar-refractivity contribution < 1.29 is 28.7 Å². The first kappa shape index (κ1) is 22.4. The Balaban J connectivity index is 1.78. The Morgan fingerprint density at radius 1 is 0.900 bits per heavy atom. The second-order valence-corrected chi connectivity index (χ2v) is 6.05. The van der Waals surface area contributed by atoms with Gasteiger partial charge in [-0.25, -0.2) is 0 Å². The van der Waals surface area contributed by atoms with Gasteiger partial charge in [-0.3, -0.25) is 30.0 Å². The molecule has 0 aliphatic rings. The van der Waals surface area contributed by atoms with Crippen LogP contribution in [-0.4, -0.2) is 42.9 Å². The highest BCUT2D eigenvalue weighted by molar-refractivity contribution is 5.98. The van der Waals surface area contributed by atoms with Crippen molar-refractivity contribution in [3.05, 3.63) is 65.7 Å². The second kappa shape index (κ2) is 11.2. The maximum Gasteiger partial charge on any atom is 0.326 e. The molecule has 1 atom stereocenters. The lowest BCUT2D eigenvalue weighted by atomic mass is 10.2. The lowest BCUT2D eigenvalue weighted by Crippen LogP contribution is -2.47. The van der Waals surface area contributed by atoms with Gasteiger partial charge in [-0.15, -0.1) is 0 Å². The zero-order valence-electron chi connectivity index (χ0n) is 16.6. The Labute approximate surface area is 173 Å². The van der Waals surface area contributed by atoms with E-state index in [0.717, 1.165) is 0 Å². The van der Waals surface area contributed by atoms with E-state index in [2.05, 4.69) is 16.2 Å². The number of hydrazine groups is 1. The molecular formula is C21H23N3O6. The maximum absolute atomic E-state index is 12.3. The summed E-state index contributed by atoms with van der Waals surface area (Å²) < 4.78 is 10.3. The molecule has 2 rings (SSSR count). The third-order valence-electron chi connectivity index (χ3n) is 3.84. The first-order valence-electron chi connectivity index (χ1n) is 9.27. The minimum absolute atomic E-state index is 0.279. The van der Waals surface area contributed by atoms with E-state index in [1.807, 2.05) is 0 Å². The number of amides is 3. The standard InChI is InChI=1S/C21H23N3O6/c1-3-29-17-12-8-7-11-16(17)21(28)22-13-18(25)30-14(2)19(26)23-24-20(27)15-9-5-4-6-10-15/h4-12,14H,3,13H2,1-2H3,(H,22,28)(H,23,26)(H,24,27)/t14-/m1/s1. The van der Waals surface area contributed by atoms with Crippen LogP contribution in [0.2, 0.25) is 0 Å². The quantitative estimate of drug-likeness (QED) is 0.442. The zero-order chi connectivity index (χ0) is 21.9. The Hall–Kier alpha value is -3.88. The largest absolute Gasteiger partial charge is 0.493 e. The molecule has 3 N–H and O–H groups in total. The van der Waals surface area contributed by atoms with Crippen molar-refractivity contribution >= 4 is 23.7 Å². The molecule has 0 saturated carbocycles. The molecule has 2 aromatic rings. The van der Waals surface area contributed by atoms with Crippen molar-refractivity contribution in [1.82, 2.24) is 16.2 Å². The summed E-state index contributed by atoms with van der Waals surface area (Å²) in [6.07, 6.45) is -1.18. The van der Waals surface area contributed by atoms with E-state index in [1.54, 1.807) is 61.5 Å². The van der Waals surface area contributed by atoms with Gasteiger partial charge in [0.1, 0.15) is 12.3 Å². The Morgan fingerprint density at radius 3 is 2.27 bits per heavy atom. The van der Waals surface area contributed by atoms with E-state index in [0.29, 0.717) is 17.9 Å². The van der Waals surface area contributed by atoms with Crippen LogP contribution in [0.4, 0.5) is 0 Å². The number of rotatable bonds is 8. The molecule has 3 amide bonds. The van der Waals surface area contributed by atoms with Gasteiger partial charge in [-0.05, 0) is 38.1 Å². The number of hydrogen-bond donors (Lipinski definition) is 3. The van der Waals surface area contributed by atoms with Crippen molar-refractivity contribution in [2.45, 2.75) is 20.0 Å². The van der Waals surface area contributed by atoms with Gasteiger partial charge in [0.05, 0.1) is 12.2 Å². The van der Waals surface area contributed by atoms with E-state index in [1.165, 1.54) is 6.92 Å². The summed E-state index contributed by atoms with van der Waals surface area (Å²) in [5, 5.41) is 2.42. The van der Waals surface area contributed by atoms with Gasteiger partial charge >= 0.3 is 5.97 Å². The molecule has 0 heterocycles. The van der Waals surface area contributed by atoms with Crippen LogP contribution in [0.25, 0.3) is 0 Å². The van der Waals surface area contributed by atoms with E-state index in [4.69, 9.17) is 9.47 Å². The number of esters is 1. The highest BCUT2D eigenvalue weighted by atomic mass is 16.5. The summed E-state index contributed by atoms with van der Waals surface area (Å²) >= 11 is 0. The summed E-state index contributed by atoms with van der Waals surface area (Å²) in [4.78, 5) is 48.1. The van der Waals surface area contributed by atoms with Crippen LogP contribution in [0.1, 0.15) is 34.6 Å². The first-order chi connectivity index (χ1) is 14.4. The topological polar surface area (TPSA) is 123 Å². The molecule has 0 spiro atoms. The lowest BCUT2D eigenvalue weighted by molar-refractivity contribution is -0.154. The van der Waals surface area contributed by atoms with Crippen LogP contribution in [0.5, 0.6) is 5.75 Å². The Morgan fingerprint density at radius 2 is 1.57 bits per heavy atom. The fourth-order valence-corrected chi connectivity index (χ4v) is 2.36. The molecule has 0 saturated heterocycles. The van der Waals surface area contributed by atoms with E-state index < -0.39 is 36.3 Å². The third kappa shape index (κ3) is 6.62. The van der Waals surface area contributed by atoms with Crippen molar-refractivity contribution in [2.24, 2.45) is 0 Å². The Bertz CT molecular complexity index is 901. The minimum Gasteiger partial charge on any atom is -0.493 e. The highest BCUT2D eigenvalue weighted by Gasteiger charge is 2.20. The molecule has 158 valence electrons. The average Bonchev–Trinajstić information content (AvgIpc) is 2.76. The third-order valence-corrected chi connectivity index (χ3v) is 3.84. The van der Waals surface area contributed by atoms with E-state index >= 15 is 0 Å². The number of hydrogen-bond acceptors (Lipinski definition) is 6. The van der Waals surface area contributed by atoms with Gasteiger partial charge in [-0.1, -0.05) is 30.3 Å². The summed E-state index contributed by atoms with van der Waals surface area (Å²) in [7, 11) is 0. The van der Waals surface area contributed by atoms with Crippen LogP contribution in [-0.2, 0) is 14.3 Å². The van der Waals surface area contributed by atoms with Gasteiger partial charge in [0.15, 0.2) is 6.10 Å². The van der Waals surface area contributed by atoms with Crippen LogP contribution in [0.15, 0.2) is 54.6 Å². The molecule has 0 unspecified atom stereocenters.